The fourth-order valence-electron chi connectivity index (χ4n) is 3.18. The third kappa shape index (κ3) is 4.25. The number of pyridine rings is 1. The number of imide groups is 1. The maximum Gasteiger partial charge on any atom is 0.429 e. The smallest absolute Gasteiger partial charge is 0.429 e. The number of ether oxygens (including phenoxy) is 1. The first-order chi connectivity index (χ1) is 14.3. The molecule has 30 heavy (non-hydrogen) atoms. The minimum absolute atomic E-state index is 0.00870. The normalized spacial score (nSPS) is 17.8. The van der Waals surface area contributed by atoms with E-state index in [4.69, 9.17) is 4.74 Å². The second-order valence-electron chi connectivity index (χ2n) is 6.68. The Kier molecular flexibility index (Phi) is 5.38. The highest BCUT2D eigenvalue weighted by Gasteiger charge is 2.44. The average molecular weight is 432 g/mol. The summed E-state index contributed by atoms with van der Waals surface area (Å²) < 4.78 is 46.8. The summed E-state index contributed by atoms with van der Waals surface area (Å²) in [4.78, 5) is 27.7. The van der Waals surface area contributed by atoms with Crippen LogP contribution in [0.25, 0.3) is 10.9 Å². The average Bonchev–Trinajstić information content (AvgIpc) is 3.02. The topological polar surface area (TPSA) is 68.3 Å². The van der Waals surface area contributed by atoms with Gasteiger partial charge in [0.15, 0.2) is 0 Å². The molecule has 0 radical (unpaired) electrons. The van der Waals surface area contributed by atoms with Crippen molar-refractivity contribution in [1.82, 2.24) is 10.3 Å². The summed E-state index contributed by atoms with van der Waals surface area (Å²) in [7, 11) is 0. The molecule has 1 saturated heterocycles. The zero-order chi connectivity index (χ0) is 21.3. The van der Waals surface area contributed by atoms with E-state index in [1.807, 2.05) is 0 Å². The van der Waals surface area contributed by atoms with Gasteiger partial charge in [-0.15, -0.1) is 0 Å². The van der Waals surface area contributed by atoms with Crippen LogP contribution in [0.4, 0.5) is 18.0 Å². The number of aromatic nitrogens is 1. The van der Waals surface area contributed by atoms with Crippen LogP contribution in [-0.4, -0.2) is 27.6 Å². The minimum atomic E-state index is -4.68. The van der Waals surface area contributed by atoms with Crippen molar-refractivity contribution in [2.45, 2.75) is 24.0 Å². The molecule has 5 nitrogen and oxygen atoms in total. The van der Waals surface area contributed by atoms with Crippen molar-refractivity contribution in [3.05, 3.63) is 71.8 Å². The first kappa shape index (κ1) is 20.2. The van der Waals surface area contributed by atoms with Crippen molar-refractivity contribution in [2.75, 3.05) is 0 Å². The first-order valence-corrected chi connectivity index (χ1v) is 9.87. The first-order valence-electron chi connectivity index (χ1n) is 9.00. The van der Waals surface area contributed by atoms with E-state index in [1.54, 1.807) is 36.4 Å². The van der Waals surface area contributed by atoms with Gasteiger partial charge < -0.3 is 4.74 Å². The van der Waals surface area contributed by atoms with Crippen molar-refractivity contribution in [2.24, 2.45) is 0 Å². The fraction of sp³-hybridized carbons (Fsp3) is 0.190. The maximum absolute atomic E-state index is 13.8. The van der Waals surface area contributed by atoms with Gasteiger partial charge >= 0.3 is 6.18 Å². The molecule has 2 aromatic carbocycles. The summed E-state index contributed by atoms with van der Waals surface area (Å²) in [5.74, 6) is -0.702. The number of halogens is 3. The van der Waals surface area contributed by atoms with Gasteiger partial charge in [0.25, 0.3) is 5.24 Å². The minimum Gasteiger partial charge on any atom is -0.459 e. The molecule has 3 aromatic rings. The van der Waals surface area contributed by atoms with Crippen LogP contribution < -0.4 is 10.1 Å². The van der Waals surface area contributed by atoms with Gasteiger partial charge in [0.2, 0.25) is 17.9 Å². The molecular formula is C21H15F3N2O3S. The molecule has 2 heterocycles. The van der Waals surface area contributed by atoms with Gasteiger partial charge in [0.1, 0.15) is 0 Å². The van der Waals surface area contributed by atoms with Crippen LogP contribution in [-0.2, 0) is 11.2 Å². The Bertz CT molecular complexity index is 1110. The number of benzene rings is 2. The van der Waals surface area contributed by atoms with Crippen LogP contribution in [0.1, 0.15) is 17.2 Å². The van der Waals surface area contributed by atoms with E-state index in [-0.39, 0.29) is 17.9 Å². The van der Waals surface area contributed by atoms with E-state index in [0.29, 0.717) is 16.5 Å². The molecule has 9 heteroatoms. The van der Waals surface area contributed by atoms with Gasteiger partial charge in [-0.1, -0.05) is 60.3 Å². The third-order valence-electron chi connectivity index (χ3n) is 4.56. The van der Waals surface area contributed by atoms with Gasteiger partial charge in [-0.2, -0.15) is 13.2 Å². The van der Waals surface area contributed by atoms with Crippen LogP contribution in [0, 0.1) is 0 Å². The molecule has 1 aromatic heterocycles. The molecule has 0 aliphatic carbocycles. The van der Waals surface area contributed by atoms with Crippen LogP contribution in [0.5, 0.6) is 5.88 Å². The Labute approximate surface area is 173 Å². The lowest BCUT2D eigenvalue weighted by Crippen LogP contribution is -2.28. The molecule has 0 spiro atoms. The molecular weight excluding hydrogens is 417 g/mol. The number of thioether (sulfide) groups is 1. The summed E-state index contributed by atoms with van der Waals surface area (Å²) in [6, 6.07) is 15.8. The Hall–Kier alpha value is -3.07. The molecule has 154 valence electrons. The molecule has 2 amide bonds. The van der Waals surface area contributed by atoms with Gasteiger partial charge in [-0.05, 0) is 18.6 Å². The van der Waals surface area contributed by atoms with Crippen molar-refractivity contribution in [3.63, 3.8) is 0 Å². The zero-order valence-corrected chi connectivity index (χ0v) is 16.2. The molecule has 1 fully saturated rings. The number of nitrogens with zero attached hydrogens (tertiary/aromatic N) is 1. The molecule has 1 N–H and O–H groups in total. The van der Waals surface area contributed by atoms with Gasteiger partial charge in [0, 0.05) is 16.5 Å². The summed E-state index contributed by atoms with van der Waals surface area (Å²) in [6.07, 6.45) is -6.89. The monoisotopic (exact) mass is 432 g/mol. The van der Waals surface area contributed by atoms with Crippen molar-refractivity contribution >= 4 is 33.8 Å². The summed E-state index contributed by atoms with van der Waals surface area (Å²) in [6.45, 7) is 0. The van der Waals surface area contributed by atoms with E-state index in [2.05, 4.69) is 10.3 Å². The molecule has 1 aliphatic heterocycles. The molecule has 2 unspecified atom stereocenters. The fourth-order valence-corrected chi connectivity index (χ4v) is 4.03. The van der Waals surface area contributed by atoms with Gasteiger partial charge in [-0.25, -0.2) is 4.98 Å². The standard InChI is InChI=1S/C21H15F3N2O3S/c22-21(23,24)17(12-6-2-1-3-7-12)29-19-14(11-16-18(27)26-20(28)30-16)10-13-8-4-5-9-15(13)25-19/h1-10,16-17H,11H2,(H,26,27,28). The predicted molar refractivity (Wildman–Crippen MR) is 106 cm³/mol. The molecule has 2 atom stereocenters. The molecule has 4 rings (SSSR count). The Morgan fingerprint density at radius 2 is 1.77 bits per heavy atom. The number of nitrogens with one attached hydrogen (secondary N) is 1. The van der Waals surface area contributed by atoms with E-state index in [9.17, 15) is 22.8 Å². The van der Waals surface area contributed by atoms with Gasteiger partial charge in [-0.3, -0.25) is 14.9 Å². The van der Waals surface area contributed by atoms with Crippen LogP contribution >= 0.6 is 11.8 Å². The van der Waals surface area contributed by atoms with Crippen LogP contribution in [0.15, 0.2) is 60.7 Å². The highest BCUT2D eigenvalue weighted by molar-refractivity contribution is 8.15. The zero-order valence-electron chi connectivity index (χ0n) is 15.3. The van der Waals surface area contributed by atoms with Crippen molar-refractivity contribution in [1.29, 1.82) is 0 Å². The molecule has 0 bridgehead atoms. The lowest BCUT2D eigenvalue weighted by molar-refractivity contribution is -0.198. The molecule has 1 aliphatic rings. The predicted octanol–water partition coefficient (Wildman–Crippen LogP) is 4.81. The number of carbonyl (C=O) groups excluding carboxylic acids is 2. The number of fused-ring (bicyclic) bond motifs is 1. The Morgan fingerprint density at radius 1 is 1.07 bits per heavy atom. The lowest BCUT2D eigenvalue weighted by Gasteiger charge is -2.23. The van der Waals surface area contributed by atoms with Crippen LogP contribution in [0.2, 0.25) is 0 Å². The number of alkyl halides is 3. The second kappa shape index (κ2) is 7.98. The SMILES string of the molecule is O=C1NC(=O)C(Cc2cc3ccccc3nc2OC(c2ccccc2)C(F)(F)F)S1. The summed E-state index contributed by atoms with van der Waals surface area (Å²) in [5, 5.41) is 1.62. The third-order valence-corrected chi connectivity index (χ3v) is 5.55. The van der Waals surface area contributed by atoms with Gasteiger partial charge in [0.05, 0.1) is 10.8 Å². The summed E-state index contributed by atoms with van der Waals surface area (Å²) >= 11 is 0.798. The van der Waals surface area contributed by atoms with E-state index in [1.165, 1.54) is 24.3 Å². The van der Waals surface area contributed by atoms with Crippen LogP contribution in [0.3, 0.4) is 0 Å². The number of carbonyl (C=O) groups is 2. The summed E-state index contributed by atoms with van der Waals surface area (Å²) in [5.41, 5.74) is 0.722. The Morgan fingerprint density at radius 3 is 2.43 bits per heavy atom. The number of para-hydroxylation sites is 1. The van der Waals surface area contributed by atoms with E-state index < -0.39 is 28.7 Å². The largest absolute Gasteiger partial charge is 0.459 e. The van der Waals surface area contributed by atoms with E-state index in [0.717, 1.165) is 11.8 Å². The quantitative estimate of drug-likeness (QED) is 0.627. The number of hydrogen-bond donors (Lipinski definition) is 1. The van der Waals surface area contributed by atoms with Crippen molar-refractivity contribution in [3.8, 4) is 5.88 Å². The number of hydrogen-bond acceptors (Lipinski definition) is 5. The Balaban J connectivity index is 1.76. The highest BCUT2D eigenvalue weighted by Crippen LogP contribution is 2.38. The molecule has 0 saturated carbocycles. The lowest BCUT2D eigenvalue weighted by atomic mass is 10.1. The van der Waals surface area contributed by atoms with Crippen molar-refractivity contribution < 1.29 is 27.5 Å². The second-order valence-corrected chi connectivity index (χ2v) is 7.86. The number of amides is 2. The maximum atomic E-state index is 13.8. The number of rotatable bonds is 5. The highest BCUT2D eigenvalue weighted by atomic mass is 32.2. The van der Waals surface area contributed by atoms with E-state index >= 15 is 0 Å².